The molecule has 1 aromatic heterocycles. The molecule has 0 amide bonds. The number of hydrogen-bond donors (Lipinski definition) is 7. The lowest BCUT2D eigenvalue weighted by molar-refractivity contribution is -0.187. The van der Waals surface area contributed by atoms with E-state index in [-0.39, 0.29) is 4.64 Å². The van der Waals surface area contributed by atoms with Crippen LogP contribution in [0.1, 0.15) is 6.23 Å². The highest BCUT2D eigenvalue weighted by atomic mass is 32.1. The number of terminal acetylenes is 1. The zero-order valence-corrected chi connectivity index (χ0v) is 17.6. The molecule has 6 atom stereocenters. The van der Waals surface area contributed by atoms with E-state index in [0.29, 0.717) is 4.57 Å². The summed E-state index contributed by atoms with van der Waals surface area (Å²) >= 11 is 4.73. The largest absolute Gasteiger partial charge is 0.490 e. The quantitative estimate of drug-likeness (QED) is 0.130. The molecule has 1 aromatic rings. The Morgan fingerprint density at radius 1 is 1.20 bits per heavy atom. The maximum atomic E-state index is 12.0. The number of ether oxygens (including phenoxy) is 1. The van der Waals surface area contributed by atoms with Crippen molar-refractivity contribution in [3.8, 4) is 12.3 Å². The van der Waals surface area contributed by atoms with Gasteiger partial charge in [0, 0.05) is 6.20 Å². The minimum atomic E-state index is -5.90. The van der Waals surface area contributed by atoms with Crippen LogP contribution >= 0.6 is 35.7 Å². The summed E-state index contributed by atoms with van der Waals surface area (Å²) in [6.45, 7) is 0. The highest BCUT2D eigenvalue weighted by molar-refractivity contribution is 7.71. The van der Waals surface area contributed by atoms with E-state index in [1.807, 2.05) is 0 Å². The van der Waals surface area contributed by atoms with Crippen molar-refractivity contribution in [1.29, 1.82) is 0 Å². The van der Waals surface area contributed by atoms with Gasteiger partial charge in [-0.1, -0.05) is 12.2 Å². The summed E-state index contributed by atoms with van der Waals surface area (Å²) in [6, 6.07) is 1.19. The molecule has 168 valence electrons. The van der Waals surface area contributed by atoms with Gasteiger partial charge in [0.1, 0.15) is 10.7 Å². The van der Waals surface area contributed by atoms with Gasteiger partial charge < -0.3 is 34.5 Å². The molecule has 30 heavy (non-hydrogen) atoms. The number of aromatic amines is 1. The van der Waals surface area contributed by atoms with Gasteiger partial charge >= 0.3 is 29.2 Å². The van der Waals surface area contributed by atoms with Crippen molar-refractivity contribution in [1.82, 2.24) is 9.55 Å². The van der Waals surface area contributed by atoms with Crippen molar-refractivity contribution < 1.29 is 61.4 Å². The summed E-state index contributed by atoms with van der Waals surface area (Å²) in [5, 5.41) is 20.3. The second-order valence-electron chi connectivity index (χ2n) is 5.46. The third-order valence-electron chi connectivity index (χ3n) is 3.29. The number of nitrogens with one attached hydrogen (secondary N) is 1. The highest BCUT2D eigenvalue weighted by Crippen LogP contribution is 2.67. The van der Waals surface area contributed by atoms with E-state index in [1.165, 1.54) is 6.07 Å². The summed E-state index contributed by atoms with van der Waals surface area (Å²) < 4.78 is 51.2. The molecule has 0 spiro atoms. The first-order valence-electron chi connectivity index (χ1n) is 7.19. The fourth-order valence-electron chi connectivity index (χ4n) is 2.24. The van der Waals surface area contributed by atoms with Crippen LogP contribution in [0.2, 0.25) is 0 Å². The first kappa shape index (κ1) is 25.2. The van der Waals surface area contributed by atoms with E-state index in [4.69, 9.17) is 38.1 Å². The zero-order chi connectivity index (χ0) is 23.1. The average Bonchev–Trinajstić information content (AvgIpc) is 2.76. The summed E-state index contributed by atoms with van der Waals surface area (Å²) in [6.07, 6.45) is -0.00992. The molecule has 0 saturated carbocycles. The zero-order valence-electron chi connectivity index (χ0n) is 14.1. The maximum absolute atomic E-state index is 12.0. The first-order chi connectivity index (χ1) is 13.5. The van der Waals surface area contributed by atoms with E-state index in [1.54, 1.807) is 5.92 Å². The molecular formula is C10H13N2O14P3S. The number of aliphatic hydroxyl groups is 2. The molecule has 1 fully saturated rings. The van der Waals surface area contributed by atoms with Crippen molar-refractivity contribution in [2.45, 2.75) is 24.2 Å². The molecule has 16 nitrogen and oxygen atoms in total. The summed E-state index contributed by atoms with van der Waals surface area (Å²) in [7, 11) is -17.4. The summed E-state index contributed by atoms with van der Waals surface area (Å²) in [5.74, 6) is -1.43. The van der Waals surface area contributed by atoms with Crippen LogP contribution in [0.3, 0.4) is 0 Å². The van der Waals surface area contributed by atoms with Gasteiger partial charge in [0.05, 0.1) is 0 Å². The number of hydrogen-bond acceptors (Lipinski definition) is 11. The van der Waals surface area contributed by atoms with Gasteiger partial charge in [-0.25, -0.2) is 23.0 Å². The van der Waals surface area contributed by atoms with Crippen LogP contribution in [0.4, 0.5) is 0 Å². The molecule has 0 bridgehead atoms. The fraction of sp³-hybridized carbons (Fsp3) is 0.400. The van der Waals surface area contributed by atoms with Gasteiger partial charge in [-0.2, -0.15) is 8.62 Å². The number of aromatic nitrogens is 2. The van der Waals surface area contributed by atoms with Crippen molar-refractivity contribution in [2.75, 3.05) is 0 Å². The molecule has 2 rings (SSSR count). The van der Waals surface area contributed by atoms with Crippen molar-refractivity contribution in [2.24, 2.45) is 0 Å². The molecule has 1 aliphatic heterocycles. The smallest absolute Gasteiger partial charge is 0.385 e. The lowest BCUT2D eigenvalue weighted by Crippen LogP contribution is -2.43. The van der Waals surface area contributed by atoms with Gasteiger partial charge in [-0.15, -0.1) is 6.42 Å². The molecule has 0 aromatic carbocycles. The molecule has 0 aliphatic carbocycles. The van der Waals surface area contributed by atoms with Crippen LogP contribution in [0, 0.1) is 17.0 Å². The first-order valence-corrected chi connectivity index (χ1v) is 12.1. The molecular weight excluding hydrogens is 497 g/mol. The van der Waals surface area contributed by atoms with Gasteiger partial charge in [0.15, 0.2) is 12.3 Å². The van der Waals surface area contributed by atoms with Crippen molar-refractivity contribution >= 4 is 35.7 Å². The predicted octanol–water partition coefficient (Wildman–Crippen LogP) is -1.17. The van der Waals surface area contributed by atoms with Crippen LogP contribution < -0.4 is 5.69 Å². The molecule has 0 radical (unpaired) electrons. The monoisotopic (exact) mass is 510 g/mol. The standard InChI is InChI=1S/C10H13N2O14P3S/c1-2-10(24-28(19,20)26-29(21,22)25-27(16,17)18)7(14)6(13)8(23-10)12-4-3-5(30)11-9(12)15/h1,3-4,6-8,13-14H,(H,19,20)(H,21,22)(H,11,15,30)(H2,16,17,18)/t6?,7-,8-,10-/m1/s1. The molecule has 1 saturated heterocycles. The van der Waals surface area contributed by atoms with Crippen molar-refractivity contribution in [3.05, 3.63) is 27.4 Å². The van der Waals surface area contributed by atoms with Crippen LogP contribution in [0.25, 0.3) is 0 Å². The third kappa shape index (κ3) is 5.80. The number of aliphatic hydroxyl groups excluding tert-OH is 2. The van der Waals surface area contributed by atoms with E-state index in [2.05, 4.69) is 18.1 Å². The summed E-state index contributed by atoms with van der Waals surface area (Å²) in [4.78, 5) is 50.0. The van der Waals surface area contributed by atoms with Crippen LogP contribution in [0.5, 0.6) is 0 Å². The Labute approximate surface area is 171 Å². The van der Waals surface area contributed by atoms with E-state index >= 15 is 0 Å². The Balaban J connectivity index is 2.34. The normalized spacial score (nSPS) is 30.9. The highest BCUT2D eigenvalue weighted by Gasteiger charge is 2.60. The lowest BCUT2D eigenvalue weighted by atomic mass is 10.1. The second kappa shape index (κ2) is 8.47. The van der Waals surface area contributed by atoms with Gasteiger partial charge in [-0.3, -0.25) is 9.55 Å². The molecule has 3 unspecified atom stereocenters. The Morgan fingerprint density at radius 2 is 1.80 bits per heavy atom. The van der Waals surface area contributed by atoms with Gasteiger partial charge in [0.25, 0.3) is 5.79 Å². The molecule has 7 N–H and O–H groups in total. The van der Waals surface area contributed by atoms with Crippen molar-refractivity contribution in [3.63, 3.8) is 0 Å². The minimum absolute atomic E-state index is 0.000705. The average molecular weight is 510 g/mol. The minimum Gasteiger partial charge on any atom is -0.385 e. The topological polar surface area (TPSA) is 247 Å². The Bertz CT molecular complexity index is 1120. The van der Waals surface area contributed by atoms with E-state index in [9.17, 15) is 33.6 Å². The Hall–Kier alpha value is -1.05. The number of phosphoric ester groups is 1. The Kier molecular flexibility index (Phi) is 7.12. The number of phosphoric acid groups is 3. The Morgan fingerprint density at radius 3 is 2.30 bits per heavy atom. The van der Waals surface area contributed by atoms with Gasteiger partial charge in [-0.05, 0) is 12.0 Å². The van der Waals surface area contributed by atoms with E-state index < -0.39 is 53.4 Å². The molecule has 2 heterocycles. The molecule has 20 heteroatoms. The fourth-order valence-corrected chi connectivity index (χ4v) is 5.57. The summed E-state index contributed by atoms with van der Waals surface area (Å²) in [5.41, 5.74) is -0.940. The number of H-pyrrole nitrogens is 1. The van der Waals surface area contributed by atoms with E-state index in [0.717, 1.165) is 6.20 Å². The van der Waals surface area contributed by atoms with Crippen LogP contribution in [-0.4, -0.2) is 57.3 Å². The predicted molar refractivity (Wildman–Crippen MR) is 94.5 cm³/mol. The maximum Gasteiger partial charge on any atom is 0.490 e. The molecule has 1 aliphatic rings. The third-order valence-corrected chi connectivity index (χ3v) is 7.36. The van der Waals surface area contributed by atoms with Gasteiger partial charge in [0.2, 0.25) is 0 Å². The second-order valence-corrected chi connectivity index (χ2v) is 10.2. The number of nitrogens with zero attached hydrogens (tertiary/aromatic N) is 1. The lowest BCUT2D eigenvalue weighted by Gasteiger charge is -2.28. The van der Waals surface area contributed by atoms with Crippen LogP contribution in [-0.2, 0) is 31.6 Å². The number of rotatable bonds is 7. The van der Waals surface area contributed by atoms with Crippen LogP contribution in [0.15, 0.2) is 17.1 Å². The SMILES string of the molecule is C#C[C@]1(OP(=O)(O)OP(=O)(O)OP(=O)(O)O)O[C@@H](n2ccc(=S)[nH]c2=O)C(O)[C@H]1O.